The molecule has 1 unspecified atom stereocenters. The molecule has 0 aromatic heterocycles. The van der Waals surface area contributed by atoms with Crippen molar-refractivity contribution in [1.29, 1.82) is 0 Å². The summed E-state index contributed by atoms with van der Waals surface area (Å²) in [7, 11) is -3.71. The van der Waals surface area contributed by atoms with Gasteiger partial charge in [-0.1, -0.05) is 72.3 Å². The molecule has 0 radical (unpaired) electrons. The first-order valence-corrected chi connectivity index (χ1v) is 13.4. The second-order valence-corrected chi connectivity index (χ2v) is 10.9. The van der Waals surface area contributed by atoms with E-state index in [-0.39, 0.29) is 29.8 Å². The number of benzene rings is 3. The number of aryl methyl sites for hydroxylation is 2. The van der Waals surface area contributed by atoms with Gasteiger partial charge in [0.25, 0.3) is 0 Å². The highest BCUT2D eigenvalue weighted by atomic mass is 32.2. The number of hydrogen-bond donors (Lipinski definition) is 1. The van der Waals surface area contributed by atoms with E-state index < -0.39 is 10.0 Å². The number of hydrogen-bond acceptors (Lipinski definition) is 3. The Hall–Kier alpha value is -2.96. The maximum Gasteiger partial charge on any atom is 0.243 e. The average Bonchev–Trinajstić information content (AvgIpc) is 2.85. The van der Waals surface area contributed by atoms with Crippen molar-refractivity contribution in [2.24, 2.45) is 0 Å². The van der Waals surface area contributed by atoms with Crippen LogP contribution in [0.4, 0.5) is 0 Å². The van der Waals surface area contributed by atoms with Gasteiger partial charge in [-0.2, -0.15) is 4.31 Å². The lowest BCUT2D eigenvalue weighted by Crippen LogP contribution is -2.38. The minimum Gasteiger partial charge on any atom is -0.349 e. The molecule has 0 spiro atoms. The van der Waals surface area contributed by atoms with Gasteiger partial charge in [-0.25, -0.2) is 8.42 Å². The number of nitrogens with one attached hydrogen (secondary N) is 1. The highest BCUT2D eigenvalue weighted by molar-refractivity contribution is 7.89. The van der Waals surface area contributed by atoms with Crippen LogP contribution in [0.2, 0.25) is 0 Å². The molecule has 0 aliphatic heterocycles. The molecule has 178 valence electrons. The van der Waals surface area contributed by atoms with Crippen LogP contribution >= 0.6 is 0 Å². The Morgan fingerprint density at radius 3 is 2.41 bits per heavy atom. The van der Waals surface area contributed by atoms with E-state index in [2.05, 4.69) is 17.4 Å². The molecule has 1 atom stereocenters. The van der Waals surface area contributed by atoms with E-state index in [4.69, 9.17) is 0 Å². The lowest BCUT2D eigenvalue weighted by molar-refractivity contribution is -0.122. The Kier molecular flexibility index (Phi) is 7.80. The van der Waals surface area contributed by atoms with Crippen LogP contribution in [0.3, 0.4) is 0 Å². The van der Waals surface area contributed by atoms with E-state index in [1.807, 2.05) is 49.4 Å². The van der Waals surface area contributed by atoms with Gasteiger partial charge in [-0.15, -0.1) is 0 Å². The Bertz CT molecular complexity index is 1210. The van der Waals surface area contributed by atoms with Crippen molar-refractivity contribution in [3.05, 3.63) is 101 Å². The van der Waals surface area contributed by atoms with Crippen LogP contribution in [0, 0.1) is 6.92 Å². The van der Waals surface area contributed by atoms with E-state index in [9.17, 15) is 13.2 Å². The third kappa shape index (κ3) is 5.93. The van der Waals surface area contributed by atoms with Crippen molar-refractivity contribution in [2.45, 2.75) is 50.0 Å². The molecule has 1 amide bonds. The largest absolute Gasteiger partial charge is 0.349 e. The standard InChI is InChI=1S/C28H32N2O3S/c1-22-14-16-25(17-15-22)34(32,33)30(20-18-23-8-3-2-4-9-23)21-19-28(31)29-27-13-7-11-24-10-5-6-12-26(24)27/h2-6,8-10,12,14-17,27H,7,11,13,18-21H2,1H3,(H,29,31). The van der Waals surface area contributed by atoms with Crippen molar-refractivity contribution in [2.75, 3.05) is 13.1 Å². The van der Waals surface area contributed by atoms with Gasteiger partial charge in [0.2, 0.25) is 15.9 Å². The Balaban J connectivity index is 1.45. The molecule has 0 heterocycles. The molecule has 3 aromatic rings. The molecule has 5 nitrogen and oxygen atoms in total. The smallest absolute Gasteiger partial charge is 0.243 e. The summed E-state index contributed by atoms with van der Waals surface area (Å²) in [6, 6.07) is 24.9. The van der Waals surface area contributed by atoms with E-state index in [0.29, 0.717) is 13.0 Å². The quantitative estimate of drug-likeness (QED) is 0.482. The molecule has 0 saturated carbocycles. The van der Waals surface area contributed by atoms with Crippen LogP contribution in [0.1, 0.15) is 47.6 Å². The van der Waals surface area contributed by atoms with Gasteiger partial charge in [0, 0.05) is 19.5 Å². The predicted octanol–water partition coefficient (Wildman–Crippen LogP) is 4.81. The molecule has 6 heteroatoms. The normalized spacial score (nSPS) is 15.6. The SMILES string of the molecule is Cc1ccc(S(=O)(=O)N(CCC(=O)NC2CCCc3ccccc32)CCc2ccccc2)cc1. The summed E-state index contributed by atoms with van der Waals surface area (Å²) >= 11 is 0. The number of rotatable bonds is 9. The first-order chi connectivity index (χ1) is 16.4. The molecular formula is C28H32N2O3S. The zero-order valence-electron chi connectivity index (χ0n) is 19.6. The first-order valence-electron chi connectivity index (χ1n) is 11.9. The molecule has 0 fully saturated rings. The summed E-state index contributed by atoms with van der Waals surface area (Å²) in [6.07, 6.45) is 3.68. The highest BCUT2D eigenvalue weighted by Crippen LogP contribution is 2.29. The molecule has 1 N–H and O–H groups in total. The van der Waals surface area contributed by atoms with Crippen molar-refractivity contribution in [3.8, 4) is 0 Å². The minimum absolute atomic E-state index is 0.0103. The predicted molar refractivity (Wildman–Crippen MR) is 135 cm³/mol. The molecule has 1 aliphatic carbocycles. The second kappa shape index (κ2) is 11.0. The van der Waals surface area contributed by atoms with E-state index in [1.54, 1.807) is 24.3 Å². The first kappa shape index (κ1) is 24.2. The van der Waals surface area contributed by atoms with Gasteiger partial charge in [0.15, 0.2) is 0 Å². The molecule has 4 rings (SSSR count). The summed E-state index contributed by atoms with van der Waals surface area (Å²) in [4.78, 5) is 13.1. The maximum atomic E-state index is 13.4. The number of carbonyl (C=O) groups excluding carboxylic acids is 1. The van der Waals surface area contributed by atoms with Crippen molar-refractivity contribution in [1.82, 2.24) is 9.62 Å². The van der Waals surface area contributed by atoms with Crippen LogP contribution in [0.5, 0.6) is 0 Å². The topological polar surface area (TPSA) is 66.5 Å². The van der Waals surface area contributed by atoms with Gasteiger partial charge in [0.05, 0.1) is 10.9 Å². The monoisotopic (exact) mass is 476 g/mol. The molecule has 0 bridgehead atoms. The molecule has 3 aromatic carbocycles. The summed E-state index contributed by atoms with van der Waals surface area (Å²) in [5.74, 6) is -0.120. The molecule has 0 saturated heterocycles. The van der Waals surface area contributed by atoms with Crippen LogP contribution in [-0.4, -0.2) is 31.7 Å². The fourth-order valence-corrected chi connectivity index (χ4v) is 5.95. The zero-order chi connectivity index (χ0) is 24.0. The molecular weight excluding hydrogens is 444 g/mol. The van der Waals surface area contributed by atoms with Crippen LogP contribution in [0.25, 0.3) is 0 Å². The van der Waals surface area contributed by atoms with Crippen LogP contribution in [-0.2, 0) is 27.7 Å². The van der Waals surface area contributed by atoms with E-state index in [0.717, 1.165) is 30.4 Å². The summed E-state index contributed by atoms with van der Waals surface area (Å²) in [5, 5.41) is 3.14. The summed E-state index contributed by atoms with van der Waals surface area (Å²) in [6.45, 7) is 2.39. The van der Waals surface area contributed by atoms with Crippen molar-refractivity contribution < 1.29 is 13.2 Å². The summed E-state index contributed by atoms with van der Waals surface area (Å²) in [5.41, 5.74) is 4.53. The fraction of sp³-hybridized carbons (Fsp3) is 0.321. The van der Waals surface area contributed by atoms with Crippen molar-refractivity contribution >= 4 is 15.9 Å². The van der Waals surface area contributed by atoms with Gasteiger partial charge in [-0.05, 0) is 61.4 Å². The second-order valence-electron chi connectivity index (χ2n) is 8.91. The Morgan fingerprint density at radius 2 is 1.65 bits per heavy atom. The number of amides is 1. The third-order valence-corrected chi connectivity index (χ3v) is 8.36. The lowest BCUT2D eigenvalue weighted by Gasteiger charge is -2.27. The third-order valence-electron chi connectivity index (χ3n) is 6.44. The number of fused-ring (bicyclic) bond motifs is 1. The van der Waals surface area contributed by atoms with Gasteiger partial charge in [-0.3, -0.25) is 4.79 Å². The van der Waals surface area contributed by atoms with Crippen LogP contribution < -0.4 is 5.32 Å². The summed E-state index contributed by atoms with van der Waals surface area (Å²) < 4.78 is 28.3. The number of nitrogens with zero attached hydrogens (tertiary/aromatic N) is 1. The van der Waals surface area contributed by atoms with E-state index in [1.165, 1.54) is 15.4 Å². The lowest BCUT2D eigenvalue weighted by atomic mass is 9.88. The van der Waals surface area contributed by atoms with Gasteiger partial charge < -0.3 is 5.32 Å². The average molecular weight is 477 g/mol. The molecule has 34 heavy (non-hydrogen) atoms. The fourth-order valence-electron chi connectivity index (χ4n) is 4.51. The van der Waals surface area contributed by atoms with Gasteiger partial charge >= 0.3 is 0 Å². The van der Waals surface area contributed by atoms with Crippen molar-refractivity contribution in [3.63, 3.8) is 0 Å². The Morgan fingerprint density at radius 1 is 0.941 bits per heavy atom. The van der Waals surface area contributed by atoms with Crippen LogP contribution in [0.15, 0.2) is 83.8 Å². The maximum absolute atomic E-state index is 13.4. The highest BCUT2D eigenvalue weighted by Gasteiger charge is 2.26. The number of carbonyl (C=O) groups is 1. The zero-order valence-corrected chi connectivity index (χ0v) is 20.4. The Labute approximate surface area is 202 Å². The van der Waals surface area contributed by atoms with E-state index >= 15 is 0 Å². The number of sulfonamides is 1. The van der Waals surface area contributed by atoms with Gasteiger partial charge in [0.1, 0.15) is 0 Å². The minimum atomic E-state index is -3.71. The molecule has 1 aliphatic rings.